The van der Waals surface area contributed by atoms with Gasteiger partial charge in [0.15, 0.2) is 0 Å². The molecule has 0 unspecified atom stereocenters. The quantitative estimate of drug-likeness (QED) is 0.225. The van der Waals surface area contributed by atoms with Crippen LogP contribution in [-0.2, 0) is 9.32 Å². The molecular weight excluding hydrogens is 516 g/mol. The molecule has 0 aliphatic carbocycles. The summed E-state index contributed by atoms with van der Waals surface area (Å²) in [6.07, 6.45) is -3.02. The minimum absolute atomic E-state index is 0.115. The molecule has 6 rings (SSSR count). The van der Waals surface area contributed by atoms with Gasteiger partial charge in [0.2, 0.25) is 0 Å². The van der Waals surface area contributed by atoms with Gasteiger partial charge in [0, 0.05) is 0 Å². The van der Waals surface area contributed by atoms with Gasteiger partial charge in [-0.05, 0) is 0 Å². The summed E-state index contributed by atoms with van der Waals surface area (Å²) < 4.78 is 48.0. The number of alkyl halides is 3. The number of halogens is 3. The molecule has 0 radical (unpaired) electrons. The van der Waals surface area contributed by atoms with Gasteiger partial charge in [0.25, 0.3) is 0 Å². The summed E-state index contributed by atoms with van der Waals surface area (Å²) in [7, 11) is 0. The molecule has 194 valence electrons. The summed E-state index contributed by atoms with van der Waals surface area (Å²) in [4.78, 5) is 12.9. The normalized spacial score (nSPS) is 17.7. The van der Waals surface area contributed by atoms with Crippen LogP contribution in [0.15, 0.2) is 127 Å². The zero-order chi connectivity index (χ0) is 27.1. The van der Waals surface area contributed by atoms with Crippen molar-refractivity contribution < 1.29 is 22.5 Å². The first kappa shape index (κ1) is 25.1. The van der Waals surface area contributed by atoms with Gasteiger partial charge in [-0.3, -0.25) is 0 Å². The van der Waals surface area contributed by atoms with Crippen LogP contribution in [0.25, 0.3) is 22.4 Å². The zero-order valence-electron chi connectivity index (χ0n) is 20.8. The van der Waals surface area contributed by atoms with Gasteiger partial charge >= 0.3 is 224 Å². The molecule has 1 aliphatic rings. The molecule has 0 aromatic heterocycles. The van der Waals surface area contributed by atoms with E-state index in [-0.39, 0.29) is 6.16 Å². The van der Waals surface area contributed by atoms with E-state index in [0.717, 1.165) is 27.5 Å². The van der Waals surface area contributed by atoms with Crippen LogP contribution in [0.3, 0.4) is 0 Å². The minimum atomic E-state index is -5.16. The molecule has 0 amide bonds. The van der Waals surface area contributed by atoms with Crippen LogP contribution in [0.5, 0.6) is 0 Å². The van der Waals surface area contributed by atoms with Gasteiger partial charge < -0.3 is 0 Å². The Morgan fingerprint density at radius 2 is 1.26 bits per heavy atom. The summed E-state index contributed by atoms with van der Waals surface area (Å²) >= 11 is 0. The molecule has 0 spiro atoms. The first-order valence-corrected chi connectivity index (χ1v) is 14.9. The first-order chi connectivity index (χ1) is 18.8. The van der Waals surface area contributed by atoms with Crippen molar-refractivity contribution in [1.82, 2.24) is 0 Å². The van der Waals surface area contributed by atoms with Gasteiger partial charge in [-0.2, -0.15) is 0 Å². The van der Waals surface area contributed by atoms with Crippen molar-refractivity contribution in [1.29, 1.82) is 0 Å². The number of carbonyl (C=O) groups excluding carboxylic acids is 1. The van der Waals surface area contributed by atoms with E-state index in [4.69, 9.17) is 4.52 Å². The fraction of sp³-hybridized carbons (Fsp3) is 0.0606. The van der Waals surface area contributed by atoms with Crippen LogP contribution in [0, 0.1) is 0 Å². The molecule has 0 N–H and O–H groups in total. The summed E-state index contributed by atoms with van der Waals surface area (Å²) in [6, 6.07) is 39.3. The second-order valence-electron chi connectivity index (χ2n) is 9.67. The Labute approximate surface area is 224 Å². The molecule has 1 heterocycles. The Morgan fingerprint density at radius 1 is 0.692 bits per heavy atom. The van der Waals surface area contributed by atoms with Crippen LogP contribution < -0.4 is 15.9 Å². The number of allylic oxidation sites excluding steroid dienone is 1. The Balaban J connectivity index is 1.72. The molecule has 1 aliphatic heterocycles. The van der Waals surface area contributed by atoms with Crippen molar-refractivity contribution in [2.75, 3.05) is 6.16 Å². The average molecular weight is 541 g/mol. The van der Waals surface area contributed by atoms with Crippen molar-refractivity contribution in [3.05, 3.63) is 139 Å². The summed E-state index contributed by atoms with van der Waals surface area (Å²) in [5.41, 5.74) is 2.55. The maximum absolute atomic E-state index is 14.0. The number of carbonyl (C=O) groups is 1. The molecule has 0 saturated carbocycles. The van der Waals surface area contributed by atoms with E-state index in [9.17, 15) is 18.0 Å². The van der Waals surface area contributed by atoms with Crippen molar-refractivity contribution in [2.24, 2.45) is 0 Å². The Hall–Kier alpha value is -4.21. The van der Waals surface area contributed by atoms with E-state index in [1.165, 1.54) is 0 Å². The molecule has 0 bridgehead atoms. The number of hydrogen-bond acceptors (Lipinski definition) is 2. The Kier molecular flexibility index (Phi) is 5.93. The molecule has 0 fully saturated rings. The van der Waals surface area contributed by atoms with Crippen LogP contribution >= 0.6 is 6.83 Å². The molecule has 2 nitrogen and oxygen atoms in total. The second-order valence-corrected chi connectivity index (χ2v) is 14.1. The number of rotatable bonds is 4. The molecule has 0 atom stereocenters. The van der Waals surface area contributed by atoms with Crippen LogP contribution in [0.4, 0.5) is 13.2 Å². The number of benzene rings is 5. The predicted molar refractivity (Wildman–Crippen MR) is 154 cm³/mol. The van der Waals surface area contributed by atoms with E-state index in [1.807, 2.05) is 78.9 Å². The van der Waals surface area contributed by atoms with E-state index in [1.54, 1.807) is 54.6 Å². The third kappa shape index (κ3) is 3.88. The molecule has 5 aromatic carbocycles. The van der Waals surface area contributed by atoms with E-state index >= 15 is 0 Å². The second kappa shape index (κ2) is 9.21. The van der Waals surface area contributed by atoms with Crippen molar-refractivity contribution in [3.8, 4) is 0 Å². The molecule has 5 aromatic rings. The third-order valence-electron chi connectivity index (χ3n) is 7.51. The van der Waals surface area contributed by atoms with Crippen LogP contribution in [-0.4, -0.2) is 18.3 Å². The molecule has 39 heavy (non-hydrogen) atoms. The third-order valence-corrected chi connectivity index (χ3v) is 13.2. The molecular formula is C33H24F3O2P. The maximum atomic E-state index is 14.0. The Morgan fingerprint density at radius 3 is 1.92 bits per heavy atom. The average Bonchev–Trinajstić information content (AvgIpc) is 3.25. The first-order valence-electron chi connectivity index (χ1n) is 12.5. The number of hydrogen-bond donors (Lipinski definition) is 0. The standard InChI is InChI=1S/C33H24F3O2P/c34-33(35,36)32(37)38-39(27-15-3-1-4-16-27,28-17-5-2-6-18-28)23-26(30-20-9-10-21-31(30)39)22-25-14-11-13-24-12-7-8-19-29(24)25/h1-22H,23H2/b26-22+. The van der Waals surface area contributed by atoms with Gasteiger partial charge in [-0.25, -0.2) is 0 Å². The van der Waals surface area contributed by atoms with Crippen molar-refractivity contribution >= 4 is 51.1 Å². The fourth-order valence-electron chi connectivity index (χ4n) is 5.86. The summed E-state index contributed by atoms with van der Waals surface area (Å²) in [5.74, 6) is -2.19. The van der Waals surface area contributed by atoms with Gasteiger partial charge in [-0.15, -0.1) is 0 Å². The topological polar surface area (TPSA) is 26.3 Å². The van der Waals surface area contributed by atoms with Gasteiger partial charge in [-0.1, -0.05) is 0 Å². The zero-order valence-corrected chi connectivity index (χ0v) is 21.7. The summed E-state index contributed by atoms with van der Waals surface area (Å²) in [5, 5.41) is 3.85. The summed E-state index contributed by atoms with van der Waals surface area (Å²) in [6.45, 7) is -4.48. The molecule has 0 saturated heterocycles. The number of fused-ring (bicyclic) bond motifs is 2. The monoisotopic (exact) mass is 540 g/mol. The van der Waals surface area contributed by atoms with Crippen LogP contribution in [0.2, 0.25) is 0 Å². The van der Waals surface area contributed by atoms with E-state index < -0.39 is 19.0 Å². The van der Waals surface area contributed by atoms with Crippen molar-refractivity contribution in [2.45, 2.75) is 6.18 Å². The van der Waals surface area contributed by atoms with E-state index in [0.29, 0.717) is 15.9 Å². The van der Waals surface area contributed by atoms with Gasteiger partial charge in [0.05, 0.1) is 0 Å². The van der Waals surface area contributed by atoms with E-state index in [2.05, 4.69) is 0 Å². The van der Waals surface area contributed by atoms with Crippen molar-refractivity contribution in [3.63, 3.8) is 0 Å². The predicted octanol–water partition coefficient (Wildman–Crippen LogP) is 7.24. The molecule has 6 heteroatoms. The van der Waals surface area contributed by atoms with Crippen LogP contribution in [0.1, 0.15) is 11.1 Å². The van der Waals surface area contributed by atoms with Gasteiger partial charge in [0.1, 0.15) is 0 Å². The fourth-order valence-corrected chi connectivity index (χ4v) is 11.7. The Bertz CT molecular complexity index is 1680. The SMILES string of the molecule is O=C(OP1(c2ccccc2)(c2ccccc2)C/C(=C\c2cccc3ccccc23)c2ccccc21)C(F)(F)F.